The molecule has 7 heteroatoms. The Morgan fingerprint density at radius 3 is 2.90 bits per heavy atom. The van der Waals surface area contributed by atoms with Gasteiger partial charge in [-0.25, -0.2) is 4.79 Å². The monoisotopic (exact) mass is 315 g/mol. The van der Waals surface area contributed by atoms with Crippen LogP contribution in [0.25, 0.3) is 0 Å². The van der Waals surface area contributed by atoms with E-state index in [0.717, 1.165) is 17.7 Å². The maximum Gasteiger partial charge on any atom is 0.314 e. The SMILES string of the molecule is C[C@@H](NC(=O)[C@@H]1CCCN(C(N)=O)C1)c1ccc(Cl)s1. The molecule has 0 aliphatic carbocycles. The fourth-order valence-corrected chi connectivity index (χ4v) is 3.42. The van der Waals surface area contributed by atoms with Crippen LogP contribution in [0.1, 0.15) is 30.7 Å². The van der Waals surface area contributed by atoms with Crippen molar-refractivity contribution >= 4 is 34.9 Å². The third-order valence-electron chi connectivity index (χ3n) is 3.48. The fraction of sp³-hybridized carbons (Fsp3) is 0.538. The first-order valence-electron chi connectivity index (χ1n) is 6.57. The zero-order valence-electron chi connectivity index (χ0n) is 11.3. The van der Waals surface area contributed by atoms with Crippen molar-refractivity contribution < 1.29 is 9.59 Å². The van der Waals surface area contributed by atoms with E-state index in [2.05, 4.69) is 5.32 Å². The molecule has 2 heterocycles. The minimum absolute atomic E-state index is 0.0343. The number of thiophene rings is 1. The maximum atomic E-state index is 12.2. The average Bonchev–Trinajstić information content (AvgIpc) is 2.85. The summed E-state index contributed by atoms with van der Waals surface area (Å²) >= 11 is 7.35. The number of likely N-dealkylation sites (tertiary alicyclic amines) is 1. The lowest BCUT2D eigenvalue weighted by atomic mass is 9.97. The molecular formula is C13H18ClN3O2S. The van der Waals surface area contributed by atoms with Crippen molar-refractivity contribution in [2.75, 3.05) is 13.1 Å². The van der Waals surface area contributed by atoms with Gasteiger partial charge in [0.15, 0.2) is 0 Å². The van der Waals surface area contributed by atoms with Crippen molar-refractivity contribution in [1.82, 2.24) is 10.2 Å². The molecule has 3 amide bonds. The van der Waals surface area contributed by atoms with E-state index in [-0.39, 0.29) is 17.9 Å². The van der Waals surface area contributed by atoms with Crippen LogP contribution in [0.15, 0.2) is 12.1 Å². The molecule has 1 aliphatic heterocycles. The van der Waals surface area contributed by atoms with Crippen molar-refractivity contribution in [3.63, 3.8) is 0 Å². The summed E-state index contributed by atoms with van der Waals surface area (Å²) in [7, 11) is 0. The molecule has 0 bridgehead atoms. The Morgan fingerprint density at radius 2 is 2.30 bits per heavy atom. The van der Waals surface area contributed by atoms with Gasteiger partial charge < -0.3 is 16.0 Å². The number of hydrogen-bond acceptors (Lipinski definition) is 3. The first-order chi connectivity index (χ1) is 9.47. The molecule has 0 unspecified atom stereocenters. The molecule has 1 aromatic rings. The highest BCUT2D eigenvalue weighted by Gasteiger charge is 2.28. The highest BCUT2D eigenvalue weighted by atomic mass is 35.5. The highest BCUT2D eigenvalue weighted by molar-refractivity contribution is 7.16. The third-order valence-corrected chi connectivity index (χ3v) is 4.90. The molecule has 2 atom stereocenters. The molecule has 3 N–H and O–H groups in total. The topological polar surface area (TPSA) is 75.4 Å². The highest BCUT2D eigenvalue weighted by Crippen LogP contribution is 2.27. The van der Waals surface area contributed by atoms with E-state index in [9.17, 15) is 9.59 Å². The van der Waals surface area contributed by atoms with Crippen molar-refractivity contribution in [3.05, 3.63) is 21.3 Å². The number of nitrogens with one attached hydrogen (secondary N) is 1. The summed E-state index contributed by atoms with van der Waals surface area (Å²) in [4.78, 5) is 26.0. The van der Waals surface area contributed by atoms with E-state index >= 15 is 0 Å². The Labute approximate surface area is 127 Å². The van der Waals surface area contributed by atoms with Gasteiger partial charge in [-0.2, -0.15) is 0 Å². The van der Waals surface area contributed by atoms with Crippen LogP contribution in [0.4, 0.5) is 4.79 Å². The summed E-state index contributed by atoms with van der Waals surface area (Å²) in [6, 6.07) is 3.19. The summed E-state index contributed by atoms with van der Waals surface area (Å²) in [5.41, 5.74) is 5.27. The number of primary amides is 1. The second-order valence-electron chi connectivity index (χ2n) is 5.00. The van der Waals surface area contributed by atoms with Crippen molar-refractivity contribution in [2.24, 2.45) is 11.7 Å². The van der Waals surface area contributed by atoms with Gasteiger partial charge in [-0.1, -0.05) is 11.6 Å². The van der Waals surface area contributed by atoms with Crippen LogP contribution < -0.4 is 11.1 Å². The second-order valence-corrected chi connectivity index (χ2v) is 6.74. The first-order valence-corrected chi connectivity index (χ1v) is 7.77. The van der Waals surface area contributed by atoms with Crippen molar-refractivity contribution in [3.8, 4) is 0 Å². The largest absolute Gasteiger partial charge is 0.351 e. The standard InChI is InChI=1S/C13H18ClN3O2S/c1-8(10-4-5-11(14)20-10)16-12(18)9-3-2-6-17(7-9)13(15)19/h4-5,8-9H,2-3,6-7H2,1H3,(H2,15,19)(H,16,18)/t8-,9-/m1/s1. The predicted octanol–water partition coefficient (Wildman–Crippen LogP) is 2.37. The lowest BCUT2D eigenvalue weighted by Gasteiger charge is -2.31. The minimum atomic E-state index is -0.458. The molecule has 0 aromatic carbocycles. The number of carbonyl (C=O) groups excluding carboxylic acids is 2. The van der Waals surface area contributed by atoms with Crippen molar-refractivity contribution in [2.45, 2.75) is 25.8 Å². The number of nitrogens with two attached hydrogens (primary N) is 1. The predicted molar refractivity (Wildman–Crippen MR) is 79.8 cm³/mol. The number of urea groups is 1. The van der Waals surface area contributed by atoms with Gasteiger partial charge in [0.2, 0.25) is 5.91 Å². The fourth-order valence-electron chi connectivity index (χ4n) is 2.35. The Hall–Kier alpha value is -1.27. The Balaban J connectivity index is 1.92. The summed E-state index contributed by atoms with van der Waals surface area (Å²) in [6.45, 7) is 2.96. The Morgan fingerprint density at radius 1 is 1.55 bits per heavy atom. The average molecular weight is 316 g/mol. The van der Waals surface area contributed by atoms with Crippen LogP contribution in [-0.4, -0.2) is 29.9 Å². The van der Waals surface area contributed by atoms with E-state index in [1.54, 1.807) is 0 Å². The van der Waals surface area contributed by atoms with Crippen LogP contribution in [0.5, 0.6) is 0 Å². The number of halogens is 1. The quantitative estimate of drug-likeness (QED) is 0.898. The molecule has 1 saturated heterocycles. The molecule has 5 nitrogen and oxygen atoms in total. The van der Waals surface area contributed by atoms with Gasteiger partial charge in [0.25, 0.3) is 0 Å². The zero-order chi connectivity index (χ0) is 14.7. The van der Waals surface area contributed by atoms with E-state index in [0.29, 0.717) is 17.4 Å². The van der Waals surface area contributed by atoms with E-state index in [4.69, 9.17) is 17.3 Å². The third kappa shape index (κ3) is 3.64. The number of nitrogens with zero attached hydrogens (tertiary/aromatic N) is 1. The van der Waals surface area contributed by atoms with Gasteiger partial charge in [-0.15, -0.1) is 11.3 Å². The van der Waals surface area contributed by atoms with Crippen LogP contribution in [0.2, 0.25) is 4.34 Å². The van der Waals surface area contributed by atoms with E-state index in [1.807, 2.05) is 19.1 Å². The Kier molecular flexibility index (Phi) is 4.88. The smallest absolute Gasteiger partial charge is 0.314 e. The molecule has 1 aliphatic rings. The first kappa shape index (κ1) is 15.1. The van der Waals surface area contributed by atoms with Crippen LogP contribution in [0.3, 0.4) is 0 Å². The summed E-state index contributed by atoms with van der Waals surface area (Å²) < 4.78 is 0.707. The lowest BCUT2D eigenvalue weighted by Crippen LogP contribution is -2.47. The van der Waals surface area contributed by atoms with Gasteiger partial charge >= 0.3 is 6.03 Å². The van der Waals surface area contributed by atoms with Crippen LogP contribution in [0, 0.1) is 5.92 Å². The molecule has 1 aromatic heterocycles. The van der Waals surface area contributed by atoms with E-state index < -0.39 is 6.03 Å². The second kappa shape index (κ2) is 6.45. The summed E-state index contributed by atoms with van der Waals surface area (Å²) in [5, 5.41) is 2.97. The molecule has 2 rings (SSSR count). The maximum absolute atomic E-state index is 12.2. The van der Waals surface area contributed by atoms with Gasteiger partial charge in [-0.05, 0) is 31.9 Å². The number of piperidine rings is 1. The van der Waals surface area contributed by atoms with Gasteiger partial charge in [-0.3, -0.25) is 4.79 Å². The zero-order valence-corrected chi connectivity index (χ0v) is 12.8. The number of amides is 3. The summed E-state index contributed by atoms with van der Waals surface area (Å²) in [6.07, 6.45) is 1.59. The molecule has 1 fully saturated rings. The van der Waals surface area contributed by atoms with Gasteiger partial charge in [0.05, 0.1) is 16.3 Å². The molecule has 0 radical (unpaired) electrons. The normalized spacial score (nSPS) is 20.5. The molecule has 20 heavy (non-hydrogen) atoms. The molecular weight excluding hydrogens is 298 g/mol. The summed E-state index contributed by atoms with van der Waals surface area (Å²) in [5.74, 6) is -0.220. The minimum Gasteiger partial charge on any atom is -0.351 e. The molecule has 0 spiro atoms. The van der Waals surface area contributed by atoms with Gasteiger partial charge in [0.1, 0.15) is 0 Å². The number of carbonyl (C=O) groups is 2. The van der Waals surface area contributed by atoms with Gasteiger partial charge in [0, 0.05) is 18.0 Å². The van der Waals surface area contributed by atoms with E-state index in [1.165, 1.54) is 16.2 Å². The lowest BCUT2D eigenvalue weighted by molar-refractivity contribution is -0.126. The number of hydrogen-bond donors (Lipinski definition) is 2. The molecule has 0 saturated carbocycles. The van der Waals surface area contributed by atoms with Crippen LogP contribution in [-0.2, 0) is 4.79 Å². The molecule has 110 valence electrons. The van der Waals surface area contributed by atoms with Crippen LogP contribution >= 0.6 is 22.9 Å². The van der Waals surface area contributed by atoms with Crippen molar-refractivity contribution in [1.29, 1.82) is 0 Å². The number of rotatable bonds is 3. The Bertz CT molecular complexity index is 506.